The highest BCUT2D eigenvalue weighted by Gasteiger charge is 2.47. The highest BCUT2D eigenvalue weighted by molar-refractivity contribution is 5.79. The Morgan fingerprint density at radius 3 is 2.40 bits per heavy atom. The first kappa shape index (κ1) is 15.8. The fourth-order valence-electron chi connectivity index (χ4n) is 3.90. The van der Waals surface area contributed by atoms with Crippen molar-refractivity contribution in [2.75, 3.05) is 26.2 Å². The van der Waals surface area contributed by atoms with Crippen molar-refractivity contribution in [2.45, 2.75) is 58.4 Å². The van der Waals surface area contributed by atoms with Gasteiger partial charge in [0.25, 0.3) is 0 Å². The highest BCUT2D eigenvalue weighted by atomic mass is 16.4. The Kier molecular flexibility index (Phi) is 4.75. The van der Waals surface area contributed by atoms with Crippen LogP contribution in [-0.2, 0) is 4.79 Å². The van der Waals surface area contributed by atoms with Gasteiger partial charge in [-0.2, -0.15) is 0 Å². The van der Waals surface area contributed by atoms with Crippen molar-refractivity contribution in [3.8, 4) is 0 Å². The molecule has 4 nitrogen and oxygen atoms in total. The summed E-state index contributed by atoms with van der Waals surface area (Å²) in [6.07, 6.45) is 4.76. The monoisotopic (exact) mass is 282 g/mol. The molecular weight excluding hydrogens is 252 g/mol. The second kappa shape index (κ2) is 6.02. The van der Waals surface area contributed by atoms with Gasteiger partial charge in [-0.1, -0.05) is 20.8 Å². The lowest BCUT2D eigenvalue weighted by Gasteiger charge is -2.47. The number of carboxylic acid groups (broad SMARTS) is 1. The standard InChI is InChI=1S/C16H30N2O2/c1-15(2,3)13-5-7-16(8-6-13,14(19)20)18-11-4-9-17-10-12-18/h13,17H,4-12H2,1-3H3,(H,19,20). The topological polar surface area (TPSA) is 52.6 Å². The zero-order valence-electron chi connectivity index (χ0n) is 13.2. The number of carboxylic acids is 1. The lowest BCUT2D eigenvalue weighted by molar-refractivity contribution is -0.155. The van der Waals surface area contributed by atoms with Crippen LogP contribution in [0.1, 0.15) is 52.9 Å². The van der Waals surface area contributed by atoms with Crippen LogP contribution in [0.5, 0.6) is 0 Å². The van der Waals surface area contributed by atoms with Crippen molar-refractivity contribution in [3.05, 3.63) is 0 Å². The smallest absolute Gasteiger partial charge is 0.324 e. The summed E-state index contributed by atoms with van der Waals surface area (Å²) in [5.74, 6) is 0.0480. The summed E-state index contributed by atoms with van der Waals surface area (Å²) in [5, 5.41) is 13.2. The molecule has 1 heterocycles. The van der Waals surface area contributed by atoms with Crippen molar-refractivity contribution in [3.63, 3.8) is 0 Å². The van der Waals surface area contributed by atoms with Gasteiger partial charge >= 0.3 is 5.97 Å². The van der Waals surface area contributed by atoms with Crippen LogP contribution >= 0.6 is 0 Å². The molecule has 2 aliphatic rings. The van der Waals surface area contributed by atoms with E-state index in [-0.39, 0.29) is 0 Å². The molecule has 0 unspecified atom stereocenters. The van der Waals surface area contributed by atoms with Crippen LogP contribution in [0.15, 0.2) is 0 Å². The van der Waals surface area contributed by atoms with Crippen LogP contribution in [0, 0.1) is 11.3 Å². The van der Waals surface area contributed by atoms with Crippen LogP contribution in [0.25, 0.3) is 0 Å². The summed E-state index contributed by atoms with van der Waals surface area (Å²) >= 11 is 0. The number of carbonyl (C=O) groups is 1. The van der Waals surface area contributed by atoms with E-state index < -0.39 is 11.5 Å². The Hall–Kier alpha value is -0.610. The maximum atomic E-state index is 12.0. The van der Waals surface area contributed by atoms with Gasteiger partial charge in [-0.15, -0.1) is 0 Å². The summed E-state index contributed by atoms with van der Waals surface area (Å²) in [5.41, 5.74) is -0.307. The average Bonchev–Trinajstić information content (AvgIpc) is 2.66. The Morgan fingerprint density at radius 2 is 1.85 bits per heavy atom. The van der Waals surface area contributed by atoms with Crippen LogP contribution in [0.4, 0.5) is 0 Å². The van der Waals surface area contributed by atoms with Crippen molar-refractivity contribution >= 4 is 5.97 Å². The van der Waals surface area contributed by atoms with Crippen molar-refractivity contribution in [1.29, 1.82) is 0 Å². The Bertz CT molecular complexity index is 333. The molecule has 1 saturated carbocycles. The van der Waals surface area contributed by atoms with Gasteiger partial charge in [0.1, 0.15) is 5.54 Å². The minimum Gasteiger partial charge on any atom is -0.480 e. The summed E-state index contributed by atoms with van der Waals surface area (Å²) in [6.45, 7) is 10.5. The summed E-state index contributed by atoms with van der Waals surface area (Å²) in [4.78, 5) is 14.2. The van der Waals surface area contributed by atoms with E-state index in [0.29, 0.717) is 11.3 Å². The number of aliphatic carboxylic acids is 1. The molecule has 20 heavy (non-hydrogen) atoms. The van der Waals surface area contributed by atoms with Crippen LogP contribution in [0.2, 0.25) is 0 Å². The van der Waals surface area contributed by atoms with Gasteiger partial charge < -0.3 is 10.4 Å². The van der Waals surface area contributed by atoms with E-state index >= 15 is 0 Å². The number of nitrogens with zero attached hydrogens (tertiary/aromatic N) is 1. The molecule has 4 heteroatoms. The van der Waals surface area contributed by atoms with Gasteiger partial charge in [0.05, 0.1) is 0 Å². The fraction of sp³-hybridized carbons (Fsp3) is 0.938. The molecule has 0 bridgehead atoms. The third kappa shape index (κ3) is 3.17. The molecule has 0 radical (unpaired) electrons. The summed E-state index contributed by atoms with van der Waals surface area (Å²) < 4.78 is 0. The molecule has 0 amide bonds. The molecule has 116 valence electrons. The molecule has 0 aromatic carbocycles. The van der Waals surface area contributed by atoms with Gasteiger partial charge in [-0.05, 0) is 50.0 Å². The van der Waals surface area contributed by atoms with E-state index in [4.69, 9.17) is 0 Å². The van der Waals surface area contributed by atoms with Crippen LogP contribution < -0.4 is 5.32 Å². The Labute approximate surface area is 122 Å². The van der Waals surface area contributed by atoms with E-state index in [0.717, 1.165) is 58.3 Å². The molecule has 2 N–H and O–H groups in total. The quantitative estimate of drug-likeness (QED) is 0.816. The molecule has 2 fully saturated rings. The average molecular weight is 282 g/mol. The lowest BCUT2D eigenvalue weighted by atomic mass is 9.66. The van der Waals surface area contributed by atoms with Crippen molar-refractivity contribution in [2.24, 2.45) is 11.3 Å². The maximum absolute atomic E-state index is 12.0. The maximum Gasteiger partial charge on any atom is 0.324 e. The predicted molar refractivity (Wildman–Crippen MR) is 80.8 cm³/mol. The van der Waals surface area contributed by atoms with Crippen LogP contribution in [0.3, 0.4) is 0 Å². The molecule has 1 aliphatic heterocycles. The third-order valence-electron chi connectivity index (χ3n) is 5.38. The second-order valence-corrected chi connectivity index (χ2v) is 7.57. The fourth-order valence-corrected chi connectivity index (χ4v) is 3.90. The zero-order chi connectivity index (χ0) is 14.8. The van der Waals surface area contributed by atoms with Gasteiger partial charge in [0, 0.05) is 19.6 Å². The molecule has 0 atom stereocenters. The van der Waals surface area contributed by atoms with Crippen molar-refractivity contribution < 1.29 is 9.90 Å². The number of rotatable bonds is 2. The number of nitrogens with one attached hydrogen (secondary N) is 1. The van der Waals surface area contributed by atoms with Gasteiger partial charge in [-0.3, -0.25) is 9.69 Å². The first-order valence-electron chi connectivity index (χ1n) is 8.05. The highest BCUT2D eigenvalue weighted by Crippen LogP contribution is 2.44. The van der Waals surface area contributed by atoms with Gasteiger partial charge in [-0.25, -0.2) is 0 Å². The van der Waals surface area contributed by atoms with Gasteiger partial charge in [0.2, 0.25) is 0 Å². The first-order chi connectivity index (χ1) is 9.36. The first-order valence-corrected chi connectivity index (χ1v) is 8.05. The zero-order valence-corrected chi connectivity index (χ0v) is 13.2. The largest absolute Gasteiger partial charge is 0.480 e. The van der Waals surface area contributed by atoms with Gasteiger partial charge in [0.15, 0.2) is 0 Å². The van der Waals surface area contributed by atoms with E-state index in [1.54, 1.807) is 0 Å². The number of hydrogen-bond acceptors (Lipinski definition) is 3. The lowest BCUT2D eigenvalue weighted by Crippen LogP contribution is -2.58. The van der Waals surface area contributed by atoms with Crippen molar-refractivity contribution in [1.82, 2.24) is 10.2 Å². The second-order valence-electron chi connectivity index (χ2n) is 7.57. The van der Waals surface area contributed by atoms with Crippen LogP contribution in [-0.4, -0.2) is 47.7 Å². The van der Waals surface area contributed by atoms with E-state index in [2.05, 4.69) is 31.0 Å². The molecule has 2 rings (SSSR count). The molecule has 0 aromatic heterocycles. The minimum absolute atomic E-state index is 0.297. The molecule has 1 aliphatic carbocycles. The molecule has 1 saturated heterocycles. The SMILES string of the molecule is CC(C)(C)C1CCC(C(=O)O)(N2CCCNCC2)CC1. The Balaban J connectivity index is 2.10. The van der Waals surface area contributed by atoms with E-state index in [1.807, 2.05) is 0 Å². The summed E-state index contributed by atoms with van der Waals surface area (Å²) in [7, 11) is 0. The Morgan fingerprint density at radius 1 is 1.20 bits per heavy atom. The van der Waals surface area contributed by atoms with E-state index in [9.17, 15) is 9.90 Å². The van der Waals surface area contributed by atoms with E-state index in [1.165, 1.54) is 0 Å². The predicted octanol–water partition coefficient (Wildman–Crippen LogP) is 2.34. The third-order valence-corrected chi connectivity index (χ3v) is 5.38. The minimum atomic E-state index is -0.605. The molecule has 0 spiro atoms. The molecule has 0 aromatic rings. The summed E-state index contributed by atoms with van der Waals surface area (Å²) in [6, 6.07) is 0. The normalized spacial score (nSPS) is 33.6. The number of hydrogen-bond donors (Lipinski definition) is 2. The molecular formula is C16H30N2O2.